The van der Waals surface area contributed by atoms with Crippen molar-refractivity contribution in [3.05, 3.63) is 40.8 Å². The van der Waals surface area contributed by atoms with Gasteiger partial charge in [-0.2, -0.15) is 0 Å². The van der Waals surface area contributed by atoms with Crippen LogP contribution in [-0.4, -0.2) is 69.0 Å². The Labute approximate surface area is 225 Å². The number of pyridine rings is 2. The van der Waals surface area contributed by atoms with Gasteiger partial charge in [-0.3, -0.25) is 4.98 Å². The van der Waals surface area contributed by atoms with E-state index in [4.69, 9.17) is 9.47 Å². The number of aromatic nitrogens is 3. The van der Waals surface area contributed by atoms with Gasteiger partial charge in [0.05, 0.1) is 11.0 Å². The molecule has 0 N–H and O–H groups in total. The Balaban J connectivity index is 1.52. The number of amides is 1. The molecule has 0 radical (unpaired) electrons. The molecule has 3 aromatic rings. The predicted molar refractivity (Wildman–Crippen MR) is 147 cm³/mol. The summed E-state index contributed by atoms with van der Waals surface area (Å²) < 4.78 is 13.2. The molecule has 0 bridgehead atoms. The minimum atomic E-state index is -0.621. The topological polar surface area (TPSA) is 89.8 Å². The van der Waals surface area contributed by atoms with Crippen LogP contribution in [0.15, 0.2) is 35.2 Å². The van der Waals surface area contributed by atoms with Gasteiger partial charge in [0.15, 0.2) is 0 Å². The van der Waals surface area contributed by atoms with E-state index in [1.54, 1.807) is 17.3 Å². The zero-order chi connectivity index (χ0) is 27.1. The summed E-state index contributed by atoms with van der Waals surface area (Å²) in [5.41, 5.74) is 2.86. The molecule has 10 heteroatoms. The van der Waals surface area contributed by atoms with E-state index in [0.717, 1.165) is 28.0 Å². The first-order valence-corrected chi connectivity index (χ1v) is 13.1. The van der Waals surface area contributed by atoms with Crippen LogP contribution in [0.1, 0.15) is 47.1 Å². The smallest absolute Gasteiger partial charge is 0.419 e. The van der Waals surface area contributed by atoms with Gasteiger partial charge in [0.25, 0.3) is 0 Å². The number of halogens is 1. The minimum Gasteiger partial charge on any atom is -0.444 e. The Morgan fingerprint density at radius 1 is 0.865 bits per heavy atom. The highest BCUT2D eigenvalue weighted by Gasteiger charge is 2.27. The zero-order valence-corrected chi connectivity index (χ0v) is 24.0. The van der Waals surface area contributed by atoms with Crippen molar-refractivity contribution in [3.8, 4) is 11.1 Å². The molecule has 9 nitrogen and oxygen atoms in total. The molecule has 1 amide bonds. The molecule has 1 aliphatic rings. The third kappa shape index (κ3) is 6.06. The average Bonchev–Trinajstić information content (AvgIpc) is 3.06. The molecule has 1 aliphatic heterocycles. The molecule has 37 heavy (non-hydrogen) atoms. The molecule has 0 spiro atoms. The second kappa shape index (κ2) is 9.96. The number of rotatable bonds is 2. The maximum Gasteiger partial charge on any atom is 0.419 e. The number of fused-ring (bicyclic) bond motifs is 1. The van der Waals surface area contributed by atoms with Gasteiger partial charge in [-0.1, -0.05) is 0 Å². The number of hydrogen-bond donors (Lipinski definition) is 0. The van der Waals surface area contributed by atoms with Crippen molar-refractivity contribution in [2.75, 3.05) is 31.1 Å². The first kappa shape index (κ1) is 26.9. The summed E-state index contributed by atoms with van der Waals surface area (Å²) >= 11 is 3.54. The van der Waals surface area contributed by atoms with Gasteiger partial charge in [0, 0.05) is 55.3 Å². The first-order chi connectivity index (χ1) is 17.2. The lowest BCUT2D eigenvalue weighted by molar-refractivity contribution is 0.0240. The Bertz CT molecular complexity index is 1310. The Morgan fingerprint density at radius 3 is 2.03 bits per heavy atom. The summed E-state index contributed by atoms with van der Waals surface area (Å²) in [4.78, 5) is 38.5. The van der Waals surface area contributed by atoms with Crippen LogP contribution in [-0.2, 0) is 9.47 Å². The Morgan fingerprint density at radius 2 is 1.46 bits per heavy atom. The second-order valence-corrected chi connectivity index (χ2v) is 11.9. The van der Waals surface area contributed by atoms with E-state index in [0.29, 0.717) is 36.3 Å². The third-order valence-corrected chi connectivity index (χ3v) is 6.83. The van der Waals surface area contributed by atoms with E-state index in [1.165, 1.54) is 4.57 Å². The number of anilines is 1. The lowest BCUT2D eigenvalue weighted by Gasteiger charge is -2.36. The van der Waals surface area contributed by atoms with Crippen molar-refractivity contribution in [1.29, 1.82) is 0 Å². The van der Waals surface area contributed by atoms with E-state index < -0.39 is 17.3 Å². The Kier molecular flexibility index (Phi) is 7.25. The van der Waals surface area contributed by atoms with Crippen molar-refractivity contribution in [2.24, 2.45) is 0 Å². The van der Waals surface area contributed by atoms with Gasteiger partial charge < -0.3 is 19.3 Å². The van der Waals surface area contributed by atoms with Gasteiger partial charge in [-0.15, -0.1) is 0 Å². The van der Waals surface area contributed by atoms with Crippen molar-refractivity contribution in [3.63, 3.8) is 0 Å². The molecule has 0 aromatic carbocycles. The van der Waals surface area contributed by atoms with Crippen LogP contribution in [0, 0.1) is 6.92 Å². The fourth-order valence-corrected chi connectivity index (χ4v) is 4.64. The number of hydrogen-bond acceptors (Lipinski definition) is 7. The van der Waals surface area contributed by atoms with Gasteiger partial charge in [-0.05, 0) is 82.6 Å². The molecule has 4 heterocycles. The number of ether oxygens (including phenoxy) is 2. The summed E-state index contributed by atoms with van der Waals surface area (Å²) in [6.07, 6.45) is 2.85. The molecule has 1 fully saturated rings. The van der Waals surface area contributed by atoms with Crippen molar-refractivity contribution >= 4 is 45.0 Å². The molecule has 0 saturated carbocycles. The SMILES string of the molecule is Cc1c(Br)n(C(=O)OC(C)(C)C)c2cc(-c3ccc(N4CCN(C(=O)OC(C)(C)C)CC4)nc3)cnc12. The molecule has 0 unspecified atom stereocenters. The molecular formula is C27H34BrN5O4. The van der Waals surface area contributed by atoms with Crippen LogP contribution < -0.4 is 4.90 Å². The minimum absolute atomic E-state index is 0.281. The number of piperazine rings is 1. The summed E-state index contributed by atoms with van der Waals surface area (Å²) in [7, 11) is 0. The van der Waals surface area contributed by atoms with E-state index in [9.17, 15) is 9.59 Å². The quantitative estimate of drug-likeness (QED) is 0.372. The van der Waals surface area contributed by atoms with Crippen LogP contribution in [0.3, 0.4) is 0 Å². The molecule has 198 valence electrons. The lowest BCUT2D eigenvalue weighted by atomic mass is 10.1. The lowest BCUT2D eigenvalue weighted by Crippen LogP contribution is -2.50. The van der Waals surface area contributed by atoms with Crippen LogP contribution >= 0.6 is 15.9 Å². The highest BCUT2D eigenvalue weighted by Crippen LogP contribution is 2.32. The standard InChI is InChI=1S/C27H34BrN5O4/c1-17-22-20(33(23(17)28)25(35)37-27(5,6)7)14-19(16-30-22)18-8-9-21(29-15-18)31-10-12-32(13-11-31)24(34)36-26(2,3)4/h8-9,14-16H,10-13H2,1-7H3. The average molecular weight is 573 g/mol. The third-order valence-electron chi connectivity index (χ3n) is 5.88. The fourth-order valence-electron chi connectivity index (χ4n) is 4.12. The van der Waals surface area contributed by atoms with E-state index in [-0.39, 0.29) is 6.09 Å². The van der Waals surface area contributed by atoms with E-state index in [1.807, 2.05) is 66.7 Å². The monoisotopic (exact) mass is 571 g/mol. The molecule has 3 aromatic heterocycles. The maximum atomic E-state index is 12.9. The molecule has 0 aliphatic carbocycles. The van der Waals surface area contributed by atoms with Crippen LogP contribution in [0.2, 0.25) is 0 Å². The van der Waals surface area contributed by atoms with Crippen LogP contribution in [0.5, 0.6) is 0 Å². The van der Waals surface area contributed by atoms with Gasteiger partial charge in [0.1, 0.15) is 21.6 Å². The van der Waals surface area contributed by atoms with Gasteiger partial charge in [0.2, 0.25) is 0 Å². The van der Waals surface area contributed by atoms with Crippen molar-refractivity contribution in [1.82, 2.24) is 19.4 Å². The maximum absolute atomic E-state index is 12.9. The van der Waals surface area contributed by atoms with E-state index >= 15 is 0 Å². The number of carbonyl (C=O) groups excluding carboxylic acids is 2. The van der Waals surface area contributed by atoms with Gasteiger partial charge in [-0.25, -0.2) is 19.1 Å². The molecule has 4 rings (SSSR count). The number of carbonyl (C=O) groups is 2. The van der Waals surface area contributed by atoms with Crippen molar-refractivity contribution < 1.29 is 19.1 Å². The first-order valence-electron chi connectivity index (χ1n) is 12.3. The molecular weight excluding hydrogens is 538 g/mol. The number of nitrogens with zero attached hydrogens (tertiary/aromatic N) is 5. The zero-order valence-electron chi connectivity index (χ0n) is 22.5. The van der Waals surface area contributed by atoms with Crippen LogP contribution in [0.25, 0.3) is 22.2 Å². The van der Waals surface area contributed by atoms with E-state index in [2.05, 4.69) is 30.8 Å². The summed E-state index contributed by atoms with van der Waals surface area (Å²) in [5, 5.41) is 0. The fraction of sp³-hybridized carbons (Fsp3) is 0.481. The van der Waals surface area contributed by atoms with Gasteiger partial charge >= 0.3 is 12.2 Å². The Hall–Kier alpha value is -3.14. The predicted octanol–water partition coefficient (Wildman–Crippen LogP) is 6.01. The largest absolute Gasteiger partial charge is 0.444 e. The second-order valence-electron chi connectivity index (χ2n) is 11.2. The number of aryl methyl sites for hydroxylation is 1. The highest BCUT2D eigenvalue weighted by molar-refractivity contribution is 9.10. The summed E-state index contributed by atoms with van der Waals surface area (Å²) in [6, 6.07) is 5.89. The van der Waals surface area contributed by atoms with Crippen molar-refractivity contribution in [2.45, 2.75) is 59.7 Å². The highest BCUT2D eigenvalue weighted by atomic mass is 79.9. The summed E-state index contributed by atoms with van der Waals surface area (Å²) in [5.74, 6) is 0.845. The molecule has 1 saturated heterocycles. The normalized spacial score (nSPS) is 14.7. The summed E-state index contributed by atoms with van der Waals surface area (Å²) in [6.45, 7) is 15.6. The van der Waals surface area contributed by atoms with Crippen LogP contribution in [0.4, 0.5) is 15.4 Å². The molecule has 0 atom stereocenters.